The first-order valence-corrected chi connectivity index (χ1v) is 7.58. The van der Waals surface area contributed by atoms with Gasteiger partial charge in [-0.3, -0.25) is 0 Å². The van der Waals surface area contributed by atoms with E-state index in [1.165, 1.54) is 11.1 Å². The van der Waals surface area contributed by atoms with E-state index in [0.717, 1.165) is 16.2 Å². The van der Waals surface area contributed by atoms with E-state index in [1.807, 2.05) is 18.2 Å². The Kier molecular flexibility index (Phi) is 4.92. The van der Waals surface area contributed by atoms with Gasteiger partial charge in [-0.05, 0) is 37.1 Å². The lowest BCUT2D eigenvalue weighted by Crippen LogP contribution is -1.91. The number of benzene rings is 2. The lowest BCUT2D eigenvalue weighted by atomic mass is 10.1. The largest absolute Gasteiger partial charge is 0.389 e. The fourth-order valence-corrected chi connectivity index (χ4v) is 3.07. The quantitative estimate of drug-likeness (QED) is 0.801. The summed E-state index contributed by atoms with van der Waals surface area (Å²) in [6, 6.07) is 14.2. The van der Waals surface area contributed by atoms with Gasteiger partial charge in [0.2, 0.25) is 0 Å². The van der Waals surface area contributed by atoms with E-state index in [2.05, 4.69) is 31.2 Å². The summed E-state index contributed by atoms with van der Waals surface area (Å²) < 4.78 is 0. The summed E-state index contributed by atoms with van der Waals surface area (Å²) in [5.74, 6) is 0.898. The number of aliphatic hydroxyl groups excluding tert-OH is 1. The maximum Gasteiger partial charge on any atom is 0.0762 e. The van der Waals surface area contributed by atoms with Crippen molar-refractivity contribution >= 4 is 23.4 Å². The molecule has 1 nitrogen and oxygen atoms in total. The summed E-state index contributed by atoms with van der Waals surface area (Å²) in [5.41, 5.74) is 3.42. The molecule has 0 aliphatic carbocycles. The molecule has 0 amide bonds. The number of thioether (sulfide) groups is 1. The van der Waals surface area contributed by atoms with Gasteiger partial charge < -0.3 is 5.11 Å². The molecule has 19 heavy (non-hydrogen) atoms. The number of aliphatic hydroxyl groups is 1. The normalized spacial score (nSPS) is 12.4. The van der Waals surface area contributed by atoms with E-state index in [1.54, 1.807) is 18.7 Å². The molecule has 0 bridgehead atoms. The molecule has 2 rings (SSSR count). The molecule has 1 N–H and O–H groups in total. The predicted molar refractivity (Wildman–Crippen MR) is 82.8 cm³/mol. The van der Waals surface area contributed by atoms with Crippen molar-refractivity contribution in [1.82, 2.24) is 0 Å². The smallest absolute Gasteiger partial charge is 0.0762 e. The van der Waals surface area contributed by atoms with Gasteiger partial charge in [0.05, 0.1) is 11.1 Å². The second-order valence-electron chi connectivity index (χ2n) is 4.64. The molecule has 100 valence electrons. The van der Waals surface area contributed by atoms with Crippen molar-refractivity contribution in [2.45, 2.75) is 30.6 Å². The first-order chi connectivity index (χ1) is 9.06. The van der Waals surface area contributed by atoms with Crippen LogP contribution in [0.25, 0.3) is 0 Å². The van der Waals surface area contributed by atoms with Gasteiger partial charge in [-0.2, -0.15) is 0 Å². The average molecular weight is 293 g/mol. The third-order valence-electron chi connectivity index (χ3n) is 2.92. The summed E-state index contributed by atoms with van der Waals surface area (Å²) in [6.45, 7) is 3.84. The van der Waals surface area contributed by atoms with Gasteiger partial charge in [-0.15, -0.1) is 11.8 Å². The highest BCUT2D eigenvalue weighted by Crippen LogP contribution is 2.31. The lowest BCUT2D eigenvalue weighted by molar-refractivity contribution is 0.199. The lowest BCUT2D eigenvalue weighted by Gasteiger charge is -2.09. The molecule has 0 radical (unpaired) electrons. The number of aryl methyl sites for hydroxylation is 1. The zero-order valence-corrected chi connectivity index (χ0v) is 12.6. The minimum atomic E-state index is -0.478. The molecule has 0 fully saturated rings. The summed E-state index contributed by atoms with van der Waals surface area (Å²) in [5, 5.41) is 10.2. The molecule has 0 aliphatic rings. The van der Waals surface area contributed by atoms with Crippen LogP contribution < -0.4 is 0 Å². The van der Waals surface area contributed by atoms with Crippen molar-refractivity contribution in [1.29, 1.82) is 0 Å². The molecular weight excluding hydrogens is 276 g/mol. The highest BCUT2D eigenvalue weighted by Gasteiger charge is 2.06. The maximum atomic E-state index is 9.51. The molecule has 0 aromatic heterocycles. The van der Waals surface area contributed by atoms with Crippen LogP contribution in [0.1, 0.15) is 29.7 Å². The van der Waals surface area contributed by atoms with E-state index in [4.69, 9.17) is 11.6 Å². The van der Waals surface area contributed by atoms with Crippen LogP contribution in [0.15, 0.2) is 47.4 Å². The zero-order chi connectivity index (χ0) is 13.8. The Bertz CT molecular complexity index is 566. The average Bonchev–Trinajstić information content (AvgIpc) is 2.37. The highest BCUT2D eigenvalue weighted by molar-refractivity contribution is 7.98. The topological polar surface area (TPSA) is 20.2 Å². The van der Waals surface area contributed by atoms with E-state index in [9.17, 15) is 5.11 Å². The third-order valence-corrected chi connectivity index (χ3v) is 4.48. The fourth-order valence-electron chi connectivity index (χ4n) is 1.86. The number of halogens is 1. The predicted octanol–water partition coefficient (Wildman–Crippen LogP) is 4.99. The van der Waals surface area contributed by atoms with Crippen molar-refractivity contribution in [3.63, 3.8) is 0 Å². The molecule has 1 atom stereocenters. The van der Waals surface area contributed by atoms with Gasteiger partial charge in [0.1, 0.15) is 0 Å². The Morgan fingerprint density at radius 1 is 1.21 bits per heavy atom. The molecule has 3 heteroatoms. The Balaban J connectivity index is 2.07. The first kappa shape index (κ1) is 14.4. The molecule has 0 saturated heterocycles. The minimum Gasteiger partial charge on any atom is -0.389 e. The van der Waals surface area contributed by atoms with Crippen molar-refractivity contribution in [2.75, 3.05) is 0 Å². The Hall–Kier alpha value is -0.960. The Morgan fingerprint density at radius 3 is 2.63 bits per heavy atom. The first-order valence-electron chi connectivity index (χ1n) is 6.22. The van der Waals surface area contributed by atoms with Crippen molar-refractivity contribution in [2.24, 2.45) is 0 Å². The van der Waals surface area contributed by atoms with E-state index >= 15 is 0 Å². The SMILES string of the molecule is Cc1cccc(CSc2ccc([C@@H](C)O)cc2Cl)c1. The van der Waals surface area contributed by atoms with Crippen LogP contribution in [0.2, 0.25) is 5.02 Å². The van der Waals surface area contributed by atoms with Crippen molar-refractivity contribution in [3.8, 4) is 0 Å². The molecule has 2 aromatic rings. The standard InChI is InChI=1S/C16H17ClOS/c1-11-4-3-5-13(8-11)10-19-16-7-6-14(12(2)18)9-15(16)17/h3-9,12,18H,10H2,1-2H3/t12-/m1/s1. The number of hydrogen-bond donors (Lipinski definition) is 1. The van der Waals surface area contributed by atoms with Gasteiger partial charge in [0, 0.05) is 10.6 Å². The second kappa shape index (κ2) is 6.47. The van der Waals surface area contributed by atoms with E-state index < -0.39 is 6.10 Å². The van der Waals surface area contributed by atoms with E-state index in [0.29, 0.717) is 5.02 Å². The summed E-state index contributed by atoms with van der Waals surface area (Å²) in [4.78, 5) is 1.05. The minimum absolute atomic E-state index is 0.478. The van der Waals surface area contributed by atoms with Crippen LogP contribution in [0.4, 0.5) is 0 Å². The summed E-state index contributed by atoms with van der Waals surface area (Å²) in [6.07, 6.45) is -0.478. The molecule has 0 unspecified atom stereocenters. The molecule has 0 aliphatic heterocycles. The highest BCUT2D eigenvalue weighted by atomic mass is 35.5. The van der Waals surface area contributed by atoms with Crippen LogP contribution in [0.3, 0.4) is 0 Å². The number of hydrogen-bond acceptors (Lipinski definition) is 2. The van der Waals surface area contributed by atoms with Crippen LogP contribution in [-0.4, -0.2) is 5.11 Å². The van der Waals surface area contributed by atoms with Crippen LogP contribution >= 0.6 is 23.4 Å². The Morgan fingerprint density at radius 2 is 2.00 bits per heavy atom. The van der Waals surface area contributed by atoms with Gasteiger partial charge in [-0.1, -0.05) is 47.5 Å². The van der Waals surface area contributed by atoms with Gasteiger partial charge in [-0.25, -0.2) is 0 Å². The monoisotopic (exact) mass is 292 g/mol. The molecule has 0 heterocycles. The third kappa shape index (κ3) is 4.00. The summed E-state index contributed by atoms with van der Waals surface area (Å²) in [7, 11) is 0. The Labute approximate surface area is 123 Å². The van der Waals surface area contributed by atoms with Crippen molar-refractivity contribution in [3.05, 3.63) is 64.2 Å². The molecular formula is C16H17ClOS. The van der Waals surface area contributed by atoms with Crippen molar-refractivity contribution < 1.29 is 5.11 Å². The van der Waals surface area contributed by atoms with Crippen LogP contribution in [-0.2, 0) is 5.75 Å². The maximum absolute atomic E-state index is 9.51. The van der Waals surface area contributed by atoms with E-state index in [-0.39, 0.29) is 0 Å². The molecule has 0 saturated carbocycles. The zero-order valence-electron chi connectivity index (χ0n) is 11.1. The second-order valence-corrected chi connectivity index (χ2v) is 6.07. The molecule has 0 spiro atoms. The molecule has 2 aromatic carbocycles. The van der Waals surface area contributed by atoms with Crippen LogP contribution in [0.5, 0.6) is 0 Å². The van der Waals surface area contributed by atoms with Gasteiger partial charge in [0.25, 0.3) is 0 Å². The van der Waals surface area contributed by atoms with Gasteiger partial charge >= 0.3 is 0 Å². The van der Waals surface area contributed by atoms with Crippen LogP contribution in [0, 0.1) is 6.92 Å². The number of rotatable bonds is 4. The van der Waals surface area contributed by atoms with Gasteiger partial charge in [0.15, 0.2) is 0 Å². The summed E-state index contributed by atoms with van der Waals surface area (Å²) >= 11 is 7.95. The fraction of sp³-hybridized carbons (Fsp3) is 0.250.